The number of nitrogens with one attached hydrogen (secondary N) is 2. The van der Waals surface area contributed by atoms with Gasteiger partial charge in [0, 0.05) is 37.8 Å². The molecule has 0 aromatic heterocycles. The van der Waals surface area contributed by atoms with Gasteiger partial charge in [0.25, 0.3) is 5.91 Å². The van der Waals surface area contributed by atoms with Crippen LogP contribution in [-0.4, -0.2) is 89.1 Å². The largest absolute Gasteiger partial charge is 0.372 e. The van der Waals surface area contributed by atoms with E-state index in [0.717, 1.165) is 38.0 Å². The van der Waals surface area contributed by atoms with Crippen LogP contribution in [0.3, 0.4) is 0 Å². The van der Waals surface area contributed by atoms with Crippen molar-refractivity contribution in [1.29, 1.82) is 0 Å². The number of anilines is 1. The molecule has 10 heteroatoms. The minimum absolute atomic E-state index is 0.0701. The monoisotopic (exact) mass is 581 g/mol. The first-order valence-electron chi connectivity index (χ1n) is 15.6. The Morgan fingerprint density at radius 2 is 1.64 bits per heavy atom. The zero-order valence-electron chi connectivity index (χ0n) is 25.8. The molecule has 10 nitrogen and oxygen atoms in total. The summed E-state index contributed by atoms with van der Waals surface area (Å²) in [5, 5.41) is 5.86. The Labute approximate surface area is 249 Å². The van der Waals surface area contributed by atoms with Gasteiger partial charge in [0.05, 0.1) is 12.6 Å². The predicted molar refractivity (Wildman–Crippen MR) is 161 cm³/mol. The van der Waals surface area contributed by atoms with Gasteiger partial charge < -0.3 is 25.3 Å². The first kappa shape index (κ1) is 31.5. The van der Waals surface area contributed by atoms with Crippen LogP contribution < -0.4 is 15.5 Å². The van der Waals surface area contributed by atoms with Crippen molar-refractivity contribution < 1.29 is 24.0 Å². The topological polar surface area (TPSA) is 119 Å². The van der Waals surface area contributed by atoms with Gasteiger partial charge in [0.2, 0.25) is 17.7 Å². The molecule has 1 aromatic rings. The van der Waals surface area contributed by atoms with Crippen LogP contribution in [0.1, 0.15) is 89.9 Å². The van der Waals surface area contributed by atoms with Gasteiger partial charge in [-0.25, -0.2) is 0 Å². The maximum absolute atomic E-state index is 13.9. The Kier molecular flexibility index (Phi) is 9.94. The molecule has 2 aliphatic heterocycles. The summed E-state index contributed by atoms with van der Waals surface area (Å²) in [6, 6.07) is 5.41. The number of nitrogens with zero attached hydrogens (tertiary/aromatic N) is 3. The van der Waals surface area contributed by atoms with E-state index >= 15 is 0 Å². The number of hydrogen-bond donors (Lipinski definition) is 2. The lowest BCUT2D eigenvalue weighted by atomic mass is 9.80. The lowest BCUT2D eigenvalue weighted by Crippen LogP contribution is -2.61. The fourth-order valence-corrected chi connectivity index (χ4v) is 7.05. The molecule has 230 valence electrons. The maximum atomic E-state index is 13.9. The highest BCUT2D eigenvalue weighted by atomic mass is 16.2. The van der Waals surface area contributed by atoms with Crippen molar-refractivity contribution >= 4 is 35.1 Å². The van der Waals surface area contributed by atoms with Crippen molar-refractivity contribution in [2.45, 2.75) is 103 Å². The van der Waals surface area contributed by atoms with E-state index in [1.54, 1.807) is 21.9 Å². The van der Waals surface area contributed by atoms with Gasteiger partial charge in [-0.15, -0.1) is 0 Å². The van der Waals surface area contributed by atoms with Gasteiger partial charge in [-0.3, -0.25) is 24.0 Å². The Morgan fingerprint density at radius 1 is 1.00 bits per heavy atom. The molecule has 3 aliphatic rings. The third-order valence-electron chi connectivity index (χ3n) is 9.07. The van der Waals surface area contributed by atoms with Crippen molar-refractivity contribution in [3.63, 3.8) is 0 Å². The number of rotatable bonds is 10. The van der Waals surface area contributed by atoms with E-state index in [4.69, 9.17) is 0 Å². The standard InChI is InChI=1S/C32H47N5O5/c1-6-35(7-2)24-13-11-23(12-14-24)29(40)33-25(19-21(3)4)30(41)36-18-15-26-28(36)27(39)20-37(26)31(42)32(34-22(5)38)16-9-8-10-17-32/h11-14,21,25-26,28H,6-10,15-20H2,1-5H3,(H,33,40)(H,34,38). The van der Waals surface area contributed by atoms with Crippen molar-refractivity contribution in [2.24, 2.45) is 5.92 Å². The van der Waals surface area contributed by atoms with E-state index in [9.17, 15) is 24.0 Å². The van der Waals surface area contributed by atoms with Gasteiger partial charge in [-0.1, -0.05) is 33.1 Å². The van der Waals surface area contributed by atoms with E-state index in [-0.39, 0.29) is 41.9 Å². The lowest BCUT2D eigenvalue weighted by Gasteiger charge is -2.40. The van der Waals surface area contributed by atoms with Crippen LogP contribution in [0.5, 0.6) is 0 Å². The molecule has 3 atom stereocenters. The zero-order chi connectivity index (χ0) is 30.6. The SMILES string of the molecule is CCN(CC)c1ccc(C(=O)NC(CC(C)C)C(=O)N2CCC3C2C(=O)CN3C(=O)C2(NC(C)=O)CCCCC2)cc1. The van der Waals surface area contributed by atoms with Crippen LogP contribution >= 0.6 is 0 Å². The molecule has 0 spiro atoms. The molecule has 3 fully saturated rings. The quantitative estimate of drug-likeness (QED) is 0.439. The molecular formula is C32H47N5O5. The number of amides is 4. The highest BCUT2D eigenvalue weighted by Crippen LogP contribution is 2.36. The minimum Gasteiger partial charge on any atom is -0.372 e. The number of carbonyl (C=O) groups is 5. The van der Waals surface area contributed by atoms with Gasteiger partial charge in [-0.05, 0) is 69.7 Å². The number of likely N-dealkylation sites (tertiary alicyclic amines) is 2. The van der Waals surface area contributed by atoms with E-state index in [2.05, 4.69) is 29.4 Å². The molecule has 3 unspecified atom stereocenters. The molecule has 42 heavy (non-hydrogen) atoms. The van der Waals surface area contributed by atoms with Crippen LogP contribution in [0.15, 0.2) is 24.3 Å². The van der Waals surface area contributed by atoms with Crippen molar-refractivity contribution in [3.05, 3.63) is 29.8 Å². The second kappa shape index (κ2) is 13.3. The number of carbonyl (C=O) groups excluding carboxylic acids is 5. The van der Waals surface area contributed by atoms with Crippen molar-refractivity contribution in [3.8, 4) is 0 Å². The lowest BCUT2D eigenvalue weighted by molar-refractivity contribution is -0.144. The number of benzene rings is 1. The molecule has 2 saturated heterocycles. The molecule has 4 rings (SSSR count). The van der Waals surface area contributed by atoms with Gasteiger partial charge >= 0.3 is 0 Å². The summed E-state index contributed by atoms with van der Waals surface area (Å²) in [5.41, 5.74) is 0.504. The number of fused-ring (bicyclic) bond motifs is 1. The Bertz CT molecular complexity index is 1170. The third kappa shape index (κ3) is 6.47. The summed E-state index contributed by atoms with van der Waals surface area (Å²) in [6.45, 7) is 11.5. The second-order valence-corrected chi connectivity index (χ2v) is 12.4. The average molecular weight is 582 g/mol. The normalized spacial score (nSPS) is 22.1. The number of ketones is 1. The van der Waals surface area contributed by atoms with E-state index in [0.29, 0.717) is 37.8 Å². The minimum atomic E-state index is -0.994. The predicted octanol–water partition coefficient (Wildman–Crippen LogP) is 2.90. The van der Waals surface area contributed by atoms with Crippen molar-refractivity contribution in [2.75, 3.05) is 31.1 Å². The Balaban J connectivity index is 1.50. The van der Waals surface area contributed by atoms with Crippen LogP contribution in [0, 0.1) is 5.92 Å². The van der Waals surface area contributed by atoms with E-state index in [1.165, 1.54) is 6.92 Å². The highest BCUT2D eigenvalue weighted by Gasteiger charge is 2.55. The number of hydrogen-bond acceptors (Lipinski definition) is 6. The summed E-state index contributed by atoms with van der Waals surface area (Å²) in [6.07, 6.45) is 4.69. The zero-order valence-corrected chi connectivity index (χ0v) is 25.8. The van der Waals surface area contributed by atoms with Crippen LogP contribution in [0.2, 0.25) is 0 Å². The molecule has 4 amide bonds. The summed E-state index contributed by atoms with van der Waals surface area (Å²) in [5.74, 6) is -1.14. The maximum Gasteiger partial charge on any atom is 0.251 e. The Morgan fingerprint density at radius 3 is 2.21 bits per heavy atom. The summed E-state index contributed by atoms with van der Waals surface area (Å²) in [7, 11) is 0. The molecule has 0 bridgehead atoms. The smallest absolute Gasteiger partial charge is 0.251 e. The van der Waals surface area contributed by atoms with Crippen molar-refractivity contribution in [1.82, 2.24) is 20.4 Å². The van der Waals surface area contributed by atoms with E-state index in [1.807, 2.05) is 26.0 Å². The molecule has 2 heterocycles. The highest BCUT2D eigenvalue weighted by molar-refractivity contribution is 6.02. The summed E-state index contributed by atoms with van der Waals surface area (Å²) in [4.78, 5) is 71.9. The number of Topliss-reactive ketones (excluding diaryl/α,β-unsaturated/α-hetero) is 1. The first-order chi connectivity index (χ1) is 20.0. The van der Waals surface area contributed by atoms with Gasteiger partial charge in [0.15, 0.2) is 5.78 Å². The summed E-state index contributed by atoms with van der Waals surface area (Å²) < 4.78 is 0. The third-order valence-corrected chi connectivity index (χ3v) is 9.07. The average Bonchev–Trinajstić information content (AvgIpc) is 3.54. The molecule has 1 aromatic carbocycles. The first-order valence-corrected chi connectivity index (χ1v) is 15.6. The molecular weight excluding hydrogens is 534 g/mol. The van der Waals surface area contributed by atoms with Gasteiger partial charge in [0.1, 0.15) is 17.6 Å². The Hall–Kier alpha value is -3.43. The van der Waals surface area contributed by atoms with Crippen LogP contribution in [0.4, 0.5) is 5.69 Å². The molecule has 1 aliphatic carbocycles. The van der Waals surface area contributed by atoms with Gasteiger partial charge in [-0.2, -0.15) is 0 Å². The molecule has 1 saturated carbocycles. The second-order valence-electron chi connectivity index (χ2n) is 12.4. The molecule has 2 N–H and O–H groups in total. The van der Waals surface area contributed by atoms with Crippen LogP contribution in [-0.2, 0) is 19.2 Å². The van der Waals surface area contributed by atoms with Crippen LogP contribution in [0.25, 0.3) is 0 Å². The van der Waals surface area contributed by atoms with E-state index < -0.39 is 23.7 Å². The summed E-state index contributed by atoms with van der Waals surface area (Å²) >= 11 is 0. The fourth-order valence-electron chi connectivity index (χ4n) is 7.05. The molecule has 0 radical (unpaired) electrons. The fraction of sp³-hybridized carbons (Fsp3) is 0.656.